The van der Waals surface area contributed by atoms with Gasteiger partial charge in [0, 0.05) is 12.6 Å². The van der Waals surface area contributed by atoms with Gasteiger partial charge in [-0.05, 0) is 6.92 Å². The fourth-order valence-corrected chi connectivity index (χ4v) is 0.572. The van der Waals surface area contributed by atoms with E-state index in [4.69, 9.17) is 21.7 Å². The second-order valence-electron chi connectivity index (χ2n) is 2.46. The van der Waals surface area contributed by atoms with E-state index in [1.54, 1.807) is 0 Å². The lowest BCUT2D eigenvalue weighted by molar-refractivity contribution is -0.135. The Hall–Kier alpha value is -0.490. The van der Waals surface area contributed by atoms with Crippen molar-refractivity contribution >= 4 is 5.78 Å². The molecule has 0 amide bonds. The van der Waals surface area contributed by atoms with Gasteiger partial charge in [0.15, 0.2) is 5.78 Å². The van der Waals surface area contributed by atoms with E-state index in [1.165, 1.54) is 6.92 Å². The van der Waals surface area contributed by atoms with Crippen LogP contribution in [0.25, 0.3) is 0 Å². The van der Waals surface area contributed by atoms with Crippen LogP contribution in [0.1, 0.15) is 6.92 Å². The molecule has 0 radical (unpaired) electrons. The molecule has 6 N–H and O–H groups in total. The Bertz CT molecular complexity index is 138. The first-order valence-corrected chi connectivity index (χ1v) is 3.36. The zero-order valence-corrected chi connectivity index (χ0v) is 6.40. The zero-order valence-electron chi connectivity index (χ0n) is 6.40. The molecular weight excluding hydrogens is 148 g/mol. The Morgan fingerprint density at radius 3 is 2.27 bits per heavy atom. The summed E-state index contributed by atoms with van der Waals surface area (Å²) in [6, 6.07) is -0.677. The quantitative estimate of drug-likeness (QED) is 0.368. The highest BCUT2D eigenvalue weighted by Gasteiger charge is 2.24. The maximum absolute atomic E-state index is 10.9. The third-order valence-corrected chi connectivity index (χ3v) is 1.34. The number of hydrogen-bond donors (Lipinski definition) is 4. The highest BCUT2D eigenvalue weighted by atomic mass is 16.3. The molecule has 11 heavy (non-hydrogen) atoms. The number of carbonyl (C=O) groups is 1. The lowest BCUT2D eigenvalue weighted by atomic mass is 10.1. The molecular formula is C6H14N2O3. The fraction of sp³-hybridized carbons (Fsp3) is 0.833. The van der Waals surface area contributed by atoms with E-state index in [9.17, 15) is 4.79 Å². The molecule has 3 unspecified atom stereocenters. The minimum atomic E-state index is -1.33. The number of Topliss-reactive ketones (excluding diaryl/α,β-unsaturated/α-hetero) is 1. The lowest BCUT2D eigenvalue weighted by Gasteiger charge is -2.15. The van der Waals surface area contributed by atoms with E-state index < -0.39 is 24.0 Å². The predicted octanol–water partition coefficient (Wildman–Crippen LogP) is -2.42. The normalized spacial score (nSPS) is 19.0. The van der Waals surface area contributed by atoms with Gasteiger partial charge in [-0.25, -0.2) is 0 Å². The monoisotopic (exact) mass is 162 g/mol. The van der Waals surface area contributed by atoms with Gasteiger partial charge in [0.05, 0.1) is 0 Å². The van der Waals surface area contributed by atoms with E-state index in [2.05, 4.69) is 0 Å². The SMILES string of the molecule is CC(N)C(O)C(=O)C(O)CN. The van der Waals surface area contributed by atoms with E-state index in [0.717, 1.165) is 0 Å². The topological polar surface area (TPSA) is 110 Å². The third kappa shape index (κ3) is 2.94. The first-order valence-electron chi connectivity index (χ1n) is 3.36. The molecule has 0 rings (SSSR count). The molecule has 0 aliphatic rings. The Morgan fingerprint density at radius 1 is 1.55 bits per heavy atom. The number of hydrogen-bond acceptors (Lipinski definition) is 5. The Labute approximate surface area is 65.0 Å². The molecule has 0 heterocycles. The van der Waals surface area contributed by atoms with Gasteiger partial charge in [-0.15, -0.1) is 0 Å². The van der Waals surface area contributed by atoms with Crippen molar-refractivity contribution in [3.63, 3.8) is 0 Å². The largest absolute Gasteiger partial charge is 0.384 e. The Morgan fingerprint density at radius 2 is 2.00 bits per heavy atom. The summed E-state index contributed by atoms with van der Waals surface area (Å²) in [4.78, 5) is 10.9. The first-order chi connectivity index (χ1) is 5.00. The summed E-state index contributed by atoms with van der Waals surface area (Å²) in [5, 5.41) is 17.9. The van der Waals surface area contributed by atoms with E-state index >= 15 is 0 Å². The molecule has 66 valence electrons. The van der Waals surface area contributed by atoms with Gasteiger partial charge < -0.3 is 21.7 Å². The van der Waals surface area contributed by atoms with Gasteiger partial charge in [0.25, 0.3) is 0 Å². The van der Waals surface area contributed by atoms with Crippen molar-refractivity contribution in [2.24, 2.45) is 11.5 Å². The van der Waals surface area contributed by atoms with E-state index in [-0.39, 0.29) is 6.54 Å². The fourth-order valence-electron chi connectivity index (χ4n) is 0.572. The number of nitrogens with two attached hydrogens (primary N) is 2. The second kappa shape index (κ2) is 4.40. The van der Waals surface area contributed by atoms with Gasteiger partial charge in [-0.3, -0.25) is 4.79 Å². The standard InChI is InChI=1S/C6H14N2O3/c1-3(8)5(10)6(11)4(9)2-7/h3-5,9-10H,2,7-8H2,1H3. The number of ketones is 1. The number of aliphatic hydroxyl groups excluding tert-OH is 2. The van der Waals surface area contributed by atoms with Crippen LogP contribution in [0.3, 0.4) is 0 Å². The molecule has 0 spiro atoms. The molecule has 0 saturated carbocycles. The molecule has 0 aromatic carbocycles. The molecule has 5 nitrogen and oxygen atoms in total. The van der Waals surface area contributed by atoms with Crippen LogP contribution in [0.2, 0.25) is 0 Å². The first kappa shape index (κ1) is 10.5. The summed E-state index contributed by atoms with van der Waals surface area (Å²) in [5.74, 6) is -0.720. The molecule has 0 fully saturated rings. The molecule has 0 aromatic rings. The van der Waals surface area contributed by atoms with E-state index in [0.29, 0.717) is 0 Å². The van der Waals surface area contributed by atoms with Gasteiger partial charge in [0.2, 0.25) is 0 Å². The van der Waals surface area contributed by atoms with Crippen molar-refractivity contribution in [1.82, 2.24) is 0 Å². The Balaban J connectivity index is 4.02. The van der Waals surface area contributed by atoms with Gasteiger partial charge >= 0.3 is 0 Å². The molecule has 0 aromatic heterocycles. The van der Waals surface area contributed by atoms with Crippen LogP contribution in [-0.2, 0) is 4.79 Å². The van der Waals surface area contributed by atoms with Crippen LogP contribution in [0, 0.1) is 0 Å². The van der Waals surface area contributed by atoms with Crippen LogP contribution in [0.4, 0.5) is 0 Å². The van der Waals surface area contributed by atoms with Crippen molar-refractivity contribution < 1.29 is 15.0 Å². The minimum Gasteiger partial charge on any atom is -0.384 e. The van der Waals surface area contributed by atoms with Crippen molar-refractivity contribution in [3.8, 4) is 0 Å². The van der Waals surface area contributed by atoms with Crippen molar-refractivity contribution in [2.75, 3.05) is 6.54 Å². The number of aliphatic hydroxyl groups is 2. The third-order valence-electron chi connectivity index (χ3n) is 1.34. The molecule has 5 heteroatoms. The summed E-state index contributed by atoms with van der Waals surface area (Å²) < 4.78 is 0. The smallest absolute Gasteiger partial charge is 0.192 e. The maximum atomic E-state index is 10.9. The van der Waals surface area contributed by atoms with Crippen molar-refractivity contribution in [2.45, 2.75) is 25.2 Å². The summed E-state index contributed by atoms with van der Waals surface area (Å²) in [6.07, 6.45) is -2.63. The summed E-state index contributed by atoms with van der Waals surface area (Å²) >= 11 is 0. The van der Waals surface area contributed by atoms with Crippen LogP contribution in [0.5, 0.6) is 0 Å². The molecule has 0 aliphatic heterocycles. The average molecular weight is 162 g/mol. The highest BCUT2D eigenvalue weighted by molar-refractivity contribution is 5.87. The van der Waals surface area contributed by atoms with Crippen molar-refractivity contribution in [1.29, 1.82) is 0 Å². The van der Waals surface area contributed by atoms with Crippen LogP contribution < -0.4 is 11.5 Å². The van der Waals surface area contributed by atoms with Crippen LogP contribution in [0.15, 0.2) is 0 Å². The summed E-state index contributed by atoms with van der Waals surface area (Å²) in [6.45, 7) is 1.29. The maximum Gasteiger partial charge on any atom is 0.192 e. The molecule has 0 aliphatic carbocycles. The predicted molar refractivity (Wildman–Crippen MR) is 39.7 cm³/mol. The van der Waals surface area contributed by atoms with Gasteiger partial charge in [0.1, 0.15) is 12.2 Å². The lowest BCUT2D eigenvalue weighted by Crippen LogP contribution is -2.45. The van der Waals surface area contributed by atoms with Gasteiger partial charge in [-0.1, -0.05) is 0 Å². The second-order valence-corrected chi connectivity index (χ2v) is 2.46. The number of rotatable bonds is 4. The number of carbonyl (C=O) groups excluding carboxylic acids is 1. The molecule has 3 atom stereocenters. The van der Waals surface area contributed by atoms with Gasteiger partial charge in [-0.2, -0.15) is 0 Å². The zero-order chi connectivity index (χ0) is 9.02. The molecule has 0 saturated heterocycles. The Kier molecular flexibility index (Phi) is 4.20. The van der Waals surface area contributed by atoms with Crippen LogP contribution in [-0.4, -0.2) is 40.8 Å². The van der Waals surface area contributed by atoms with E-state index in [1.807, 2.05) is 0 Å². The minimum absolute atomic E-state index is 0.192. The highest BCUT2D eigenvalue weighted by Crippen LogP contribution is 1.95. The summed E-state index contributed by atoms with van der Waals surface area (Å²) in [7, 11) is 0. The molecule has 0 bridgehead atoms. The average Bonchev–Trinajstić information content (AvgIpc) is 2.00. The summed E-state index contributed by atoms with van der Waals surface area (Å²) in [5.41, 5.74) is 10.2. The van der Waals surface area contributed by atoms with Crippen molar-refractivity contribution in [3.05, 3.63) is 0 Å². The van der Waals surface area contributed by atoms with Crippen LogP contribution >= 0.6 is 0 Å².